The van der Waals surface area contributed by atoms with Crippen LogP contribution in [0.4, 0.5) is 17.6 Å². The molecule has 4 rings (SSSR count). The van der Waals surface area contributed by atoms with Crippen molar-refractivity contribution >= 4 is 11.9 Å². The minimum Gasteiger partial charge on any atom is -0.481 e. The first kappa shape index (κ1) is 26.4. The number of aromatic nitrogens is 2. The van der Waals surface area contributed by atoms with Gasteiger partial charge >= 0.3 is 12.1 Å². The zero-order valence-electron chi connectivity index (χ0n) is 20.0. The second-order valence-electron chi connectivity index (χ2n) is 9.27. The molecule has 1 heterocycles. The van der Waals surface area contributed by atoms with Crippen molar-refractivity contribution in [3.63, 3.8) is 0 Å². The molecule has 6 nitrogen and oxygen atoms in total. The van der Waals surface area contributed by atoms with E-state index in [1.54, 1.807) is 12.1 Å². The summed E-state index contributed by atoms with van der Waals surface area (Å²) in [5.74, 6) is -2.16. The zero-order chi connectivity index (χ0) is 26.6. The summed E-state index contributed by atoms with van der Waals surface area (Å²) in [5.41, 5.74) is 0.0284. The Bertz CT molecular complexity index is 1250. The van der Waals surface area contributed by atoms with E-state index < -0.39 is 29.7 Å². The highest BCUT2D eigenvalue weighted by Crippen LogP contribution is 2.40. The van der Waals surface area contributed by atoms with Gasteiger partial charge in [0.05, 0.1) is 23.7 Å². The molecule has 196 valence electrons. The summed E-state index contributed by atoms with van der Waals surface area (Å²) in [6.45, 7) is 0. The fourth-order valence-electron chi connectivity index (χ4n) is 4.77. The van der Waals surface area contributed by atoms with Gasteiger partial charge in [0, 0.05) is 11.6 Å². The van der Waals surface area contributed by atoms with Gasteiger partial charge in [0.1, 0.15) is 5.82 Å². The molecule has 37 heavy (non-hydrogen) atoms. The van der Waals surface area contributed by atoms with Gasteiger partial charge in [-0.2, -0.15) is 18.3 Å². The van der Waals surface area contributed by atoms with Crippen molar-refractivity contribution in [3.05, 3.63) is 77.2 Å². The lowest BCUT2D eigenvalue weighted by molar-refractivity contribution is -0.138. The number of aliphatic carboxylic acids is 1. The highest BCUT2D eigenvalue weighted by molar-refractivity contribution is 5.94. The monoisotopic (exact) mass is 517 g/mol. The Morgan fingerprint density at radius 2 is 1.76 bits per heavy atom. The number of carbonyl (C=O) groups excluding carboxylic acids is 1. The van der Waals surface area contributed by atoms with Crippen LogP contribution >= 0.6 is 0 Å². The lowest BCUT2D eigenvalue weighted by Crippen LogP contribution is -2.37. The summed E-state index contributed by atoms with van der Waals surface area (Å²) >= 11 is 0. The van der Waals surface area contributed by atoms with Gasteiger partial charge < -0.3 is 10.4 Å². The second-order valence-corrected chi connectivity index (χ2v) is 9.27. The van der Waals surface area contributed by atoms with E-state index in [-0.39, 0.29) is 41.7 Å². The number of nitrogens with zero attached hydrogens (tertiary/aromatic N) is 2. The van der Waals surface area contributed by atoms with Crippen molar-refractivity contribution in [3.8, 4) is 11.3 Å². The van der Waals surface area contributed by atoms with Crippen molar-refractivity contribution in [2.45, 2.75) is 63.2 Å². The molecule has 1 aliphatic rings. The summed E-state index contributed by atoms with van der Waals surface area (Å²) in [6, 6.07) is 11.4. The SMILES string of the molecule is O=C(O)C[C@H](CCc1ccc(F)cc1)NC(=O)c1cc(-c2ccccc2C(F)(F)F)n(C2CCCC2)n1. The van der Waals surface area contributed by atoms with Gasteiger partial charge in [0.15, 0.2) is 5.69 Å². The quantitative estimate of drug-likeness (QED) is 0.340. The Hall–Kier alpha value is -3.69. The zero-order valence-corrected chi connectivity index (χ0v) is 20.0. The van der Waals surface area contributed by atoms with Crippen LogP contribution in [0.3, 0.4) is 0 Å². The number of hydrogen-bond acceptors (Lipinski definition) is 3. The van der Waals surface area contributed by atoms with Crippen LogP contribution in [0.15, 0.2) is 54.6 Å². The first-order chi connectivity index (χ1) is 17.6. The van der Waals surface area contributed by atoms with Crippen molar-refractivity contribution in [1.82, 2.24) is 15.1 Å². The van der Waals surface area contributed by atoms with Crippen LogP contribution in [0.5, 0.6) is 0 Å². The molecule has 1 fully saturated rings. The van der Waals surface area contributed by atoms with Crippen LogP contribution in [0.2, 0.25) is 0 Å². The molecule has 0 aliphatic heterocycles. The predicted octanol–water partition coefficient (Wildman–Crippen LogP) is 6.03. The third-order valence-electron chi connectivity index (χ3n) is 6.60. The van der Waals surface area contributed by atoms with Crippen LogP contribution in [0, 0.1) is 5.82 Å². The van der Waals surface area contributed by atoms with Crippen LogP contribution in [0.1, 0.15) is 66.2 Å². The Morgan fingerprint density at radius 1 is 1.08 bits per heavy atom. The first-order valence-electron chi connectivity index (χ1n) is 12.1. The van der Waals surface area contributed by atoms with Crippen LogP contribution < -0.4 is 5.32 Å². The van der Waals surface area contributed by atoms with Crippen LogP contribution in [-0.2, 0) is 17.4 Å². The molecule has 0 bridgehead atoms. The van der Waals surface area contributed by atoms with E-state index in [2.05, 4.69) is 10.4 Å². The molecule has 1 aliphatic carbocycles. The number of nitrogens with one attached hydrogen (secondary N) is 1. The Morgan fingerprint density at radius 3 is 2.41 bits per heavy atom. The van der Waals surface area contributed by atoms with Gasteiger partial charge in [0.25, 0.3) is 5.91 Å². The van der Waals surface area contributed by atoms with E-state index in [0.717, 1.165) is 37.3 Å². The molecule has 0 saturated heterocycles. The molecule has 1 saturated carbocycles. The normalized spacial score (nSPS) is 15.0. The molecule has 1 aromatic heterocycles. The number of rotatable bonds is 9. The van der Waals surface area contributed by atoms with E-state index in [0.29, 0.717) is 6.42 Å². The molecule has 0 unspecified atom stereocenters. The van der Waals surface area contributed by atoms with Gasteiger partial charge in [-0.1, -0.05) is 43.2 Å². The van der Waals surface area contributed by atoms with E-state index >= 15 is 0 Å². The van der Waals surface area contributed by atoms with Gasteiger partial charge in [-0.05, 0) is 55.5 Å². The van der Waals surface area contributed by atoms with Gasteiger partial charge in [-0.15, -0.1) is 0 Å². The predicted molar refractivity (Wildman–Crippen MR) is 128 cm³/mol. The molecule has 10 heteroatoms. The summed E-state index contributed by atoms with van der Waals surface area (Å²) in [5, 5.41) is 16.4. The fourth-order valence-corrected chi connectivity index (χ4v) is 4.77. The number of alkyl halides is 3. The van der Waals surface area contributed by atoms with Crippen molar-refractivity contribution < 1.29 is 32.3 Å². The maximum absolute atomic E-state index is 13.8. The van der Waals surface area contributed by atoms with Crippen molar-refractivity contribution in [2.24, 2.45) is 0 Å². The standard InChI is InChI=1S/C27H27F4N3O3/c28-18-12-9-17(10-13-18)11-14-19(15-25(35)36)32-26(37)23-16-24(34(33-23)20-5-1-2-6-20)21-7-3-4-8-22(21)27(29,30)31/h3-4,7-10,12-13,16,19-20H,1-2,5-6,11,14-15H2,(H,32,37)(H,35,36)/t19-/m0/s1. The van der Waals surface area contributed by atoms with E-state index in [1.807, 2.05) is 0 Å². The van der Waals surface area contributed by atoms with Crippen molar-refractivity contribution in [2.75, 3.05) is 0 Å². The minimum atomic E-state index is -4.59. The van der Waals surface area contributed by atoms with Gasteiger partial charge in [-0.25, -0.2) is 4.39 Å². The highest BCUT2D eigenvalue weighted by Gasteiger charge is 2.35. The molecule has 0 radical (unpaired) electrons. The number of halogens is 4. The summed E-state index contributed by atoms with van der Waals surface area (Å²) in [7, 11) is 0. The van der Waals surface area contributed by atoms with E-state index in [9.17, 15) is 32.3 Å². The molecule has 0 spiro atoms. The number of hydrogen-bond donors (Lipinski definition) is 2. The van der Waals surface area contributed by atoms with Gasteiger partial charge in [0.2, 0.25) is 0 Å². The lowest BCUT2D eigenvalue weighted by atomic mass is 10.0. The summed E-state index contributed by atoms with van der Waals surface area (Å²) in [6.07, 6.45) is -0.952. The second kappa shape index (κ2) is 11.1. The number of benzene rings is 2. The van der Waals surface area contributed by atoms with Crippen molar-refractivity contribution in [1.29, 1.82) is 0 Å². The Labute approximate surface area is 211 Å². The van der Waals surface area contributed by atoms with E-state index in [4.69, 9.17) is 0 Å². The lowest BCUT2D eigenvalue weighted by Gasteiger charge is -2.17. The molecule has 1 amide bonds. The summed E-state index contributed by atoms with van der Waals surface area (Å²) in [4.78, 5) is 24.5. The largest absolute Gasteiger partial charge is 0.481 e. The number of aryl methyl sites for hydroxylation is 1. The molecular formula is C27H27F4N3O3. The molecule has 1 atom stereocenters. The maximum Gasteiger partial charge on any atom is 0.417 e. The number of carboxylic acids is 1. The maximum atomic E-state index is 13.8. The number of carboxylic acid groups (broad SMARTS) is 1. The highest BCUT2D eigenvalue weighted by atomic mass is 19.4. The molecule has 3 aromatic rings. The van der Waals surface area contributed by atoms with E-state index in [1.165, 1.54) is 41.1 Å². The first-order valence-corrected chi connectivity index (χ1v) is 12.1. The molecule has 2 N–H and O–H groups in total. The van der Waals surface area contributed by atoms with Crippen LogP contribution in [0.25, 0.3) is 11.3 Å². The third kappa shape index (κ3) is 6.55. The van der Waals surface area contributed by atoms with Crippen LogP contribution in [-0.4, -0.2) is 32.8 Å². The third-order valence-corrected chi connectivity index (χ3v) is 6.60. The summed E-state index contributed by atoms with van der Waals surface area (Å²) < 4.78 is 56.0. The van der Waals surface area contributed by atoms with Gasteiger partial charge in [-0.3, -0.25) is 14.3 Å². The average molecular weight is 518 g/mol. The smallest absolute Gasteiger partial charge is 0.417 e. The molecule has 2 aromatic carbocycles. The topological polar surface area (TPSA) is 84.2 Å². The molecular weight excluding hydrogens is 490 g/mol. The fraction of sp³-hybridized carbons (Fsp3) is 0.370. The number of carbonyl (C=O) groups is 2. The Kier molecular flexibility index (Phi) is 7.94. The minimum absolute atomic E-state index is 0.0631. The number of amides is 1. The Balaban J connectivity index is 1.61. The average Bonchev–Trinajstić information content (AvgIpc) is 3.53.